The molecule has 0 unspecified atom stereocenters. The first-order valence-electron chi connectivity index (χ1n) is 4.55. The Labute approximate surface area is 77.2 Å². The summed E-state index contributed by atoms with van der Waals surface area (Å²) in [6.45, 7) is 2.53. The summed E-state index contributed by atoms with van der Waals surface area (Å²) in [4.78, 5) is 18.2. The first kappa shape index (κ1) is 9.92. The molecular formula is C9H15N3O. The lowest BCUT2D eigenvalue weighted by atomic mass is 10.2. The van der Waals surface area contributed by atoms with Crippen molar-refractivity contribution in [2.45, 2.75) is 26.2 Å². The molecule has 0 radical (unpaired) electrons. The molecule has 0 aliphatic heterocycles. The fourth-order valence-corrected chi connectivity index (χ4v) is 1.16. The van der Waals surface area contributed by atoms with E-state index < -0.39 is 0 Å². The summed E-state index contributed by atoms with van der Waals surface area (Å²) in [5.74, 6) is 0.758. The molecule has 1 rings (SSSR count). The number of nitrogens with one attached hydrogen (secondary N) is 1. The third kappa shape index (κ3) is 2.66. The van der Waals surface area contributed by atoms with Gasteiger partial charge < -0.3 is 10.7 Å². The van der Waals surface area contributed by atoms with E-state index in [2.05, 4.69) is 9.97 Å². The summed E-state index contributed by atoms with van der Waals surface area (Å²) in [6, 6.07) is 0. The second-order valence-electron chi connectivity index (χ2n) is 2.97. The van der Waals surface area contributed by atoms with Gasteiger partial charge in [0.2, 0.25) is 0 Å². The number of hydrogen-bond acceptors (Lipinski definition) is 3. The van der Waals surface area contributed by atoms with Crippen LogP contribution >= 0.6 is 0 Å². The van der Waals surface area contributed by atoms with Crippen molar-refractivity contribution in [1.82, 2.24) is 9.97 Å². The number of aromatic amines is 1. The van der Waals surface area contributed by atoms with E-state index in [0.29, 0.717) is 18.5 Å². The monoisotopic (exact) mass is 181 g/mol. The molecule has 0 aliphatic rings. The molecule has 72 valence electrons. The fourth-order valence-electron chi connectivity index (χ4n) is 1.16. The molecular weight excluding hydrogens is 166 g/mol. The smallest absolute Gasteiger partial charge is 0.254 e. The highest BCUT2D eigenvalue weighted by Crippen LogP contribution is 1.93. The molecule has 4 nitrogen and oxygen atoms in total. The van der Waals surface area contributed by atoms with Crippen LogP contribution in [0.25, 0.3) is 0 Å². The van der Waals surface area contributed by atoms with Crippen LogP contribution in [0.4, 0.5) is 0 Å². The van der Waals surface area contributed by atoms with Gasteiger partial charge >= 0.3 is 0 Å². The quantitative estimate of drug-likeness (QED) is 0.698. The number of hydrogen-bond donors (Lipinski definition) is 2. The van der Waals surface area contributed by atoms with Gasteiger partial charge in [0.1, 0.15) is 5.82 Å². The topological polar surface area (TPSA) is 71.8 Å². The van der Waals surface area contributed by atoms with Gasteiger partial charge in [0.05, 0.1) is 0 Å². The maximum Gasteiger partial charge on any atom is 0.254 e. The van der Waals surface area contributed by atoms with Gasteiger partial charge in [-0.25, -0.2) is 4.98 Å². The van der Waals surface area contributed by atoms with Crippen molar-refractivity contribution in [2.75, 3.05) is 6.54 Å². The second-order valence-corrected chi connectivity index (χ2v) is 2.97. The molecule has 0 spiro atoms. The van der Waals surface area contributed by atoms with Gasteiger partial charge in [0.15, 0.2) is 0 Å². The lowest BCUT2D eigenvalue weighted by Crippen LogP contribution is -2.18. The Morgan fingerprint density at radius 1 is 1.54 bits per heavy atom. The first-order valence-corrected chi connectivity index (χ1v) is 4.55. The minimum Gasteiger partial charge on any atom is -0.330 e. The van der Waals surface area contributed by atoms with E-state index in [1.807, 2.05) is 6.92 Å². The molecule has 0 atom stereocenters. The van der Waals surface area contributed by atoms with E-state index in [-0.39, 0.29) is 5.56 Å². The predicted octanol–water partition coefficient (Wildman–Crippen LogP) is 0.224. The van der Waals surface area contributed by atoms with E-state index in [1.165, 1.54) is 0 Å². The second kappa shape index (κ2) is 4.77. The van der Waals surface area contributed by atoms with Gasteiger partial charge in [-0.15, -0.1) is 0 Å². The molecule has 0 amide bonds. The Bertz CT molecular complexity index is 319. The van der Waals surface area contributed by atoms with E-state index in [1.54, 1.807) is 6.20 Å². The summed E-state index contributed by atoms with van der Waals surface area (Å²) in [7, 11) is 0. The zero-order valence-electron chi connectivity index (χ0n) is 7.84. The number of rotatable bonds is 4. The fraction of sp³-hybridized carbons (Fsp3) is 0.556. The normalized spacial score (nSPS) is 10.3. The molecule has 1 aromatic rings. The standard InChI is InChI=1S/C9H15N3O/c1-2-3-8-11-6-7(4-5-10)9(13)12-8/h6H,2-5,10H2,1H3,(H,11,12,13). The Morgan fingerprint density at radius 2 is 2.31 bits per heavy atom. The molecule has 0 fully saturated rings. The predicted molar refractivity (Wildman–Crippen MR) is 51.6 cm³/mol. The Kier molecular flexibility index (Phi) is 3.64. The molecule has 0 saturated carbocycles. The van der Waals surface area contributed by atoms with E-state index in [9.17, 15) is 4.79 Å². The first-order chi connectivity index (χ1) is 6.27. The third-order valence-corrected chi connectivity index (χ3v) is 1.83. The van der Waals surface area contributed by atoms with Crippen LogP contribution in [0, 0.1) is 0 Å². The van der Waals surface area contributed by atoms with Gasteiger partial charge in [-0.3, -0.25) is 4.79 Å². The molecule has 4 heteroatoms. The summed E-state index contributed by atoms with van der Waals surface area (Å²) >= 11 is 0. The van der Waals surface area contributed by atoms with Crippen molar-refractivity contribution >= 4 is 0 Å². The van der Waals surface area contributed by atoms with Crippen LogP contribution in [0.2, 0.25) is 0 Å². The number of nitrogens with two attached hydrogens (primary N) is 1. The number of aromatic nitrogens is 2. The van der Waals surface area contributed by atoms with Crippen LogP contribution in [-0.4, -0.2) is 16.5 Å². The van der Waals surface area contributed by atoms with Crippen LogP contribution in [0.1, 0.15) is 24.7 Å². The maximum absolute atomic E-state index is 11.4. The van der Waals surface area contributed by atoms with Crippen LogP contribution in [0.5, 0.6) is 0 Å². The highest BCUT2D eigenvalue weighted by molar-refractivity contribution is 5.06. The van der Waals surface area contributed by atoms with Gasteiger partial charge in [-0.05, 0) is 19.4 Å². The average molecular weight is 181 g/mol. The van der Waals surface area contributed by atoms with Crippen LogP contribution in [0.15, 0.2) is 11.0 Å². The lowest BCUT2D eigenvalue weighted by Gasteiger charge is -1.99. The SMILES string of the molecule is CCCc1ncc(CCN)c(=O)[nH]1. The lowest BCUT2D eigenvalue weighted by molar-refractivity contribution is 0.807. The van der Waals surface area contributed by atoms with E-state index >= 15 is 0 Å². The van der Waals surface area contributed by atoms with Crippen molar-refractivity contribution in [3.8, 4) is 0 Å². The van der Waals surface area contributed by atoms with Gasteiger partial charge in [-0.1, -0.05) is 6.92 Å². The van der Waals surface area contributed by atoms with Crippen molar-refractivity contribution < 1.29 is 0 Å². The molecule has 0 bridgehead atoms. The Balaban J connectivity index is 2.85. The van der Waals surface area contributed by atoms with Gasteiger partial charge in [0.25, 0.3) is 5.56 Å². The number of aryl methyl sites for hydroxylation is 1. The molecule has 0 aromatic carbocycles. The van der Waals surface area contributed by atoms with E-state index in [0.717, 1.165) is 18.7 Å². The van der Waals surface area contributed by atoms with Crippen molar-refractivity contribution in [1.29, 1.82) is 0 Å². The molecule has 1 heterocycles. The Morgan fingerprint density at radius 3 is 2.85 bits per heavy atom. The highest BCUT2D eigenvalue weighted by Gasteiger charge is 2.00. The Hall–Kier alpha value is -1.16. The van der Waals surface area contributed by atoms with E-state index in [4.69, 9.17) is 5.73 Å². The minimum absolute atomic E-state index is 0.0519. The number of nitrogens with zero attached hydrogens (tertiary/aromatic N) is 1. The van der Waals surface area contributed by atoms with Gasteiger partial charge in [-0.2, -0.15) is 0 Å². The molecule has 0 aliphatic carbocycles. The largest absolute Gasteiger partial charge is 0.330 e. The van der Waals surface area contributed by atoms with Crippen molar-refractivity contribution in [3.63, 3.8) is 0 Å². The summed E-state index contributed by atoms with van der Waals surface area (Å²) < 4.78 is 0. The minimum atomic E-state index is -0.0519. The van der Waals surface area contributed by atoms with Crippen LogP contribution < -0.4 is 11.3 Å². The summed E-state index contributed by atoms with van der Waals surface area (Å²) in [6.07, 6.45) is 4.02. The number of H-pyrrole nitrogens is 1. The third-order valence-electron chi connectivity index (χ3n) is 1.83. The summed E-state index contributed by atoms with van der Waals surface area (Å²) in [5, 5.41) is 0. The summed E-state index contributed by atoms with van der Waals surface area (Å²) in [5.41, 5.74) is 5.96. The van der Waals surface area contributed by atoms with Crippen LogP contribution in [0.3, 0.4) is 0 Å². The van der Waals surface area contributed by atoms with Crippen LogP contribution in [-0.2, 0) is 12.8 Å². The molecule has 0 saturated heterocycles. The maximum atomic E-state index is 11.4. The van der Waals surface area contributed by atoms with Gasteiger partial charge in [0, 0.05) is 18.2 Å². The zero-order valence-corrected chi connectivity index (χ0v) is 7.84. The average Bonchev–Trinajstić information content (AvgIpc) is 2.10. The zero-order chi connectivity index (χ0) is 9.68. The van der Waals surface area contributed by atoms with Crippen molar-refractivity contribution in [2.24, 2.45) is 5.73 Å². The van der Waals surface area contributed by atoms with Crippen molar-refractivity contribution in [3.05, 3.63) is 27.9 Å². The molecule has 3 N–H and O–H groups in total. The molecule has 1 aromatic heterocycles. The molecule has 13 heavy (non-hydrogen) atoms. The highest BCUT2D eigenvalue weighted by atomic mass is 16.1.